The lowest BCUT2D eigenvalue weighted by atomic mass is 10.2. The van der Waals surface area contributed by atoms with Crippen molar-refractivity contribution >= 4 is 5.91 Å². The molecule has 1 saturated heterocycles. The Morgan fingerprint density at radius 3 is 2.87 bits per heavy atom. The van der Waals surface area contributed by atoms with Crippen molar-refractivity contribution in [1.82, 2.24) is 19.9 Å². The molecule has 2 aromatic heterocycles. The van der Waals surface area contributed by atoms with E-state index in [0.29, 0.717) is 31.3 Å². The fraction of sp³-hybridized carbons (Fsp3) is 0.375. The van der Waals surface area contributed by atoms with Crippen molar-refractivity contribution < 1.29 is 14.3 Å². The first kappa shape index (κ1) is 15.2. The fourth-order valence-electron chi connectivity index (χ4n) is 2.53. The Balaban J connectivity index is 1.57. The predicted molar refractivity (Wildman–Crippen MR) is 82.1 cm³/mol. The first-order valence-corrected chi connectivity index (χ1v) is 7.44. The number of hydrogen-bond acceptors (Lipinski definition) is 6. The third-order valence-electron chi connectivity index (χ3n) is 3.68. The molecule has 0 radical (unpaired) electrons. The first-order valence-electron chi connectivity index (χ1n) is 7.44. The van der Waals surface area contributed by atoms with E-state index in [1.807, 2.05) is 12.1 Å². The maximum Gasteiger partial charge on any atom is 0.278 e. The molecule has 1 aliphatic rings. The average molecular weight is 314 g/mol. The summed E-state index contributed by atoms with van der Waals surface area (Å²) in [7, 11) is 1.52. The smallest absolute Gasteiger partial charge is 0.278 e. The topological polar surface area (TPSA) is 77.4 Å². The van der Waals surface area contributed by atoms with Gasteiger partial charge in [0, 0.05) is 37.8 Å². The molecule has 0 aromatic carbocycles. The van der Waals surface area contributed by atoms with Crippen LogP contribution in [0.2, 0.25) is 0 Å². The Bertz CT molecular complexity index is 665. The molecule has 1 unspecified atom stereocenters. The van der Waals surface area contributed by atoms with E-state index in [1.54, 1.807) is 29.7 Å². The van der Waals surface area contributed by atoms with Crippen LogP contribution in [0.4, 0.5) is 0 Å². The van der Waals surface area contributed by atoms with Crippen molar-refractivity contribution in [2.45, 2.75) is 18.9 Å². The molecule has 7 nitrogen and oxygen atoms in total. The number of pyridine rings is 1. The SMILES string of the molecule is COc1nccnc1OC1CCN(C(=O)Cc2cccnc2)C1. The summed E-state index contributed by atoms with van der Waals surface area (Å²) in [5.41, 5.74) is 0.914. The number of nitrogens with zero attached hydrogens (tertiary/aromatic N) is 4. The van der Waals surface area contributed by atoms with Crippen molar-refractivity contribution in [2.75, 3.05) is 20.2 Å². The van der Waals surface area contributed by atoms with E-state index in [0.717, 1.165) is 12.0 Å². The molecule has 0 bridgehead atoms. The summed E-state index contributed by atoms with van der Waals surface area (Å²) < 4.78 is 10.9. The largest absolute Gasteiger partial charge is 0.477 e. The second-order valence-electron chi connectivity index (χ2n) is 5.28. The number of hydrogen-bond donors (Lipinski definition) is 0. The van der Waals surface area contributed by atoms with E-state index in [4.69, 9.17) is 9.47 Å². The van der Waals surface area contributed by atoms with Gasteiger partial charge in [0.1, 0.15) is 6.10 Å². The van der Waals surface area contributed by atoms with Crippen LogP contribution in [-0.2, 0) is 11.2 Å². The van der Waals surface area contributed by atoms with Gasteiger partial charge < -0.3 is 14.4 Å². The molecule has 1 amide bonds. The maximum absolute atomic E-state index is 12.3. The minimum atomic E-state index is -0.0987. The zero-order chi connectivity index (χ0) is 16.1. The van der Waals surface area contributed by atoms with Gasteiger partial charge in [0.05, 0.1) is 20.1 Å². The van der Waals surface area contributed by atoms with Crippen LogP contribution < -0.4 is 9.47 Å². The minimum absolute atomic E-state index is 0.0789. The molecule has 120 valence electrons. The zero-order valence-corrected chi connectivity index (χ0v) is 12.9. The molecule has 3 rings (SSSR count). The Labute approximate surface area is 134 Å². The number of methoxy groups -OCH3 is 1. The van der Waals surface area contributed by atoms with Crippen molar-refractivity contribution in [3.63, 3.8) is 0 Å². The normalized spacial score (nSPS) is 17.1. The van der Waals surface area contributed by atoms with E-state index in [9.17, 15) is 4.79 Å². The maximum atomic E-state index is 12.3. The lowest BCUT2D eigenvalue weighted by molar-refractivity contribution is -0.129. The van der Waals surface area contributed by atoms with Gasteiger partial charge in [-0.3, -0.25) is 9.78 Å². The van der Waals surface area contributed by atoms with Gasteiger partial charge in [-0.15, -0.1) is 0 Å². The molecule has 1 fully saturated rings. The van der Waals surface area contributed by atoms with Gasteiger partial charge in [-0.1, -0.05) is 6.07 Å². The van der Waals surface area contributed by atoms with Gasteiger partial charge in [-0.25, -0.2) is 9.97 Å². The van der Waals surface area contributed by atoms with Crippen molar-refractivity contribution in [2.24, 2.45) is 0 Å². The van der Waals surface area contributed by atoms with Crippen LogP contribution in [0.25, 0.3) is 0 Å². The highest BCUT2D eigenvalue weighted by atomic mass is 16.5. The van der Waals surface area contributed by atoms with Crippen LogP contribution in [0.1, 0.15) is 12.0 Å². The van der Waals surface area contributed by atoms with Crippen LogP contribution in [0.5, 0.6) is 11.8 Å². The van der Waals surface area contributed by atoms with Crippen LogP contribution in [0.3, 0.4) is 0 Å². The molecule has 23 heavy (non-hydrogen) atoms. The van der Waals surface area contributed by atoms with Crippen LogP contribution in [-0.4, -0.2) is 52.1 Å². The van der Waals surface area contributed by atoms with Gasteiger partial charge in [0.15, 0.2) is 0 Å². The highest BCUT2D eigenvalue weighted by molar-refractivity contribution is 5.79. The second kappa shape index (κ2) is 7.04. The van der Waals surface area contributed by atoms with Crippen LogP contribution in [0.15, 0.2) is 36.9 Å². The van der Waals surface area contributed by atoms with E-state index in [1.165, 1.54) is 7.11 Å². The summed E-state index contributed by atoms with van der Waals surface area (Å²) in [5, 5.41) is 0. The number of likely N-dealkylation sites (tertiary alicyclic amines) is 1. The summed E-state index contributed by atoms with van der Waals surface area (Å²) in [6, 6.07) is 3.73. The molecule has 1 atom stereocenters. The number of aromatic nitrogens is 3. The monoisotopic (exact) mass is 314 g/mol. The molecular weight excluding hydrogens is 296 g/mol. The Hall–Kier alpha value is -2.70. The standard InChI is InChI=1S/C16H18N4O3/c1-22-15-16(19-7-6-18-15)23-13-4-8-20(11-13)14(21)9-12-3-2-5-17-10-12/h2-3,5-7,10,13H,4,8-9,11H2,1H3. The number of amides is 1. The quantitative estimate of drug-likeness (QED) is 0.822. The Morgan fingerprint density at radius 1 is 1.30 bits per heavy atom. The third-order valence-corrected chi connectivity index (χ3v) is 3.68. The second-order valence-corrected chi connectivity index (χ2v) is 5.28. The van der Waals surface area contributed by atoms with Crippen molar-refractivity contribution in [3.8, 4) is 11.8 Å². The molecule has 0 saturated carbocycles. The lowest BCUT2D eigenvalue weighted by Crippen LogP contribution is -2.32. The van der Waals surface area contributed by atoms with Crippen molar-refractivity contribution in [1.29, 1.82) is 0 Å². The first-order chi connectivity index (χ1) is 11.3. The molecule has 3 heterocycles. The Morgan fingerprint density at radius 2 is 2.13 bits per heavy atom. The molecule has 2 aromatic rings. The van der Waals surface area contributed by atoms with E-state index >= 15 is 0 Å². The van der Waals surface area contributed by atoms with Gasteiger partial charge in [-0.05, 0) is 11.6 Å². The van der Waals surface area contributed by atoms with Gasteiger partial charge in [-0.2, -0.15) is 0 Å². The zero-order valence-electron chi connectivity index (χ0n) is 12.9. The average Bonchev–Trinajstić information content (AvgIpc) is 3.05. The molecule has 0 spiro atoms. The molecule has 1 aliphatic heterocycles. The van der Waals surface area contributed by atoms with Gasteiger partial charge in [0.25, 0.3) is 11.8 Å². The lowest BCUT2D eigenvalue weighted by Gasteiger charge is -2.17. The summed E-state index contributed by atoms with van der Waals surface area (Å²) >= 11 is 0. The van der Waals surface area contributed by atoms with Crippen LogP contribution in [0, 0.1) is 0 Å². The number of ether oxygens (including phenoxy) is 2. The Kier molecular flexibility index (Phi) is 4.65. The van der Waals surface area contributed by atoms with Crippen LogP contribution >= 0.6 is 0 Å². The predicted octanol–water partition coefficient (Wildman–Crippen LogP) is 1.10. The molecular formula is C16H18N4O3. The van der Waals surface area contributed by atoms with Gasteiger partial charge in [0.2, 0.25) is 5.91 Å². The van der Waals surface area contributed by atoms with Gasteiger partial charge >= 0.3 is 0 Å². The molecule has 0 aliphatic carbocycles. The van der Waals surface area contributed by atoms with Crippen molar-refractivity contribution in [3.05, 3.63) is 42.5 Å². The number of rotatable bonds is 5. The highest BCUT2D eigenvalue weighted by Crippen LogP contribution is 2.24. The van der Waals surface area contributed by atoms with E-state index in [2.05, 4.69) is 15.0 Å². The molecule has 0 N–H and O–H groups in total. The minimum Gasteiger partial charge on any atom is -0.477 e. The summed E-state index contributed by atoms with van der Waals surface area (Å²) in [4.78, 5) is 26.3. The fourth-order valence-corrected chi connectivity index (χ4v) is 2.53. The summed E-state index contributed by atoms with van der Waals surface area (Å²) in [5.74, 6) is 0.796. The molecule has 7 heteroatoms. The highest BCUT2D eigenvalue weighted by Gasteiger charge is 2.28. The third kappa shape index (κ3) is 3.74. The summed E-state index contributed by atoms with van der Waals surface area (Å²) in [6.07, 6.45) is 7.53. The number of carbonyl (C=O) groups excluding carboxylic acids is 1. The van der Waals surface area contributed by atoms with E-state index in [-0.39, 0.29) is 12.0 Å². The summed E-state index contributed by atoms with van der Waals surface area (Å²) in [6.45, 7) is 1.21. The van der Waals surface area contributed by atoms with E-state index < -0.39 is 0 Å². The number of carbonyl (C=O) groups is 1.